The Morgan fingerprint density at radius 1 is 1.08 bits per heavy atom. The van der Waals surface area contributed by atoms with Crippen LogP contribution in [0, 0.1) is 6.92 Å². The molecule has 2 aromatic carbocycles. The lowest BCUT2D eigenvalue weighted by Crippen LogP contribution is -2.10. The molecule has 2 aromatic heterocycles. The molecule has 0 radical (unpaired) electrons. The number of amides is 1. The Kier molecular flexibility index (Phi) is 3.39. The van der Waals surface area contributed by atoms with Crippen LogP contribution in [-0.4, -0.2) is 10.9 Å². The van der Waals surface area contributed by atoms with Crippen LogP contribution in [0.1, 0.15) is 16.1 Å². The summed E-state index contributed by atoms with van der Waals surface area (Å²) in [6.07, 6.45) is 1.47. The zero-order chi connectivity index (χ0) is 16.5. The average molecular weight is 318 g/mol. The van der Waals surface area contributed by atoms with E-state index in [9.17, 15) is 4.79 Å². The van der Waals surface area contributed by atoms with Gasteiger partial charge in [0.15, 0.2) is 11.3 Å². The molecular formula is C19H14N2O3. The predicted molar refractivity (Wildman–Crippen MR) is 90.8 cm³/mol. The van der Waals surface area contributed by atoms with Gasteiger partial charge in [-0.3, -0.25) is 4.79 Å². The molecule has 0 bridgehead atoms. The molecule has 5 nitrogen and oxygen atoms in total. The van der Waals surface area contributed by atoms with Gasteiger partial charge in [-0.25, -0.2) is 4.98 Å². The SMILES string of the molecule is Cc1ccc2nc(-c3ccc(NC(=O)c4ccco4)cc3)oc2c1. The van der Waals surface area contributed by atoms with Crippen LogP contribution < -0.4 is 5.32 Å². The third-order valence-electron chi connectivity index (χ3n) is 3.68. The second-order valence-corrected chi connectivity index (χ2v) is 5.50. The number of hydrogen-bond acceptors (Lipinski definition) is 4. The second kappa shape index (κ2) is 5.70. The van der Waals surface area contributed by atoms with Crippen molar-refractivity contribution in [2.24, 2.45) is 0 Å². The highest BCUT2D eigenvalue weighted by molar-refractivity contribution is 6.02. The monoisotopic (exact) mass is 318 g/mol. The molecule has 0 saturated heterocycles. The van der Waals surface area contributed by atoms with Crippen LogP contribution in [0.3, 0.4) is 0 Å². The van der Waals surface area contributed by atoms with Crippen LogP contribution in [0.5, 0.6) is 0 Å². The summed E-state index contributed by atoms with van der Waals surface area (Å²) in [4.78, 5) is 16.4. The first kappa shape index (κ1) is 14.3. The minimum Gasteiger partial charge on any atom is -0.459 e. The zero-order valence-corrected chi connectivity index (χ0v) is 12.9. The first-order valence-electron chi connectivity index (χ1n) is 7.51. The molecule has 0 saturated carbocycles. The van der Waals surface area contributed by atoms with Gasteiger partial charge in [-0.2, -0.15) is 0 Å². The topological polar surface area (TPSA) is 68.3 Å². The number of nitrogens with one attached hydrogen (secondary N) is 1. The van der Waals surface area contributed by atoms with Crippen LogP contribution in [0.25, 0.3) is 22.6 Å². The molecule has 0 aliphatic carbocycles. The Morgan fingerprint density at radius 3 is 2.67 bits per heavy atom. The van der Waals surface area contributed by atoms with E-state index >= 15 is 0 Å². The molecule has 0 atom stereocenters. The van der Waals surface area contributed by atoms with Crippen molar-refractivity contribution in [2.45, 2.75) is 6.92 Å². The van der Waals surface area contributed by atoms with Gasteiger partial charge in [-0.1, -0.05) is 6.07 Å². The molecule has 4 aromatic rings. The van der Waals surface area contributed by atoms with Crippen LogP contribution in [0.15, 0.2) is 69.7 Å². The maximum absolute atomic E-state index is 11.9. The third kappa shape index (κ3) is 2.67. The minimum absolute atomic E-state index is 0.272. The minimum atomic E-state index is -0.287. The number of anilines is 1. The number of aryl methyl sites for hydroxylation is 1. The molecule has 24 heavy (non-hydrogen) atoms. The molecule has 0 aliphatic heterocycles. The normalized spacial score (nSPS) is 10.9. The second-order valence-electron chi connectivity index (χ2n) is 5.50. The molecule has 0 spiro atoms. The van der Waals surface area contributed by atoms with Crippen LogP contribution in [0.4, 0.5) is 5.69 Å². The summed E-state index contributed by atoms with van der Waals surface area (Å²) in [7, 11) is 0. The molecule has 1 amide bonds. The standard InChI is InChI=1S/C19H14N2O3/c1-12-4-9-15-17(11-12)24-19(21-15)13-5-7-14(8-6-13)20-18(22)16-3-2-10-23-16/h2-11H,1H3,(H,20,22). The van der Waals surface area contributed by atoms with Crippen molar-refractivity contribution in [1.82, 2.24) is 4.98 Å². The maximum atomic E-state index is 11.9. The van der Waals surface area contributed by atoms with Crippen molar-refractivity contribution in [1.29, 1.82) is 0 Å². The molecule has 0 unspecified atom stereocenters. The van der Waals surface area contributed by atoms with E-state index in [1.54, 1.807) is 24.3 Å². The maximum Gasteiger partial charge on any atom is 0.291 e. The fraction of sp³-hybridized carbons (Fsp3) is 0.0526. The Labute approximate surface area is 137 Å². The van der Waals surface area contributed by atoms with Crippen molar-refractivity contribution < 1.29 is 13.6 Å². The molecular weight excluding hydrogens is 304 g/mol. The number of carbonyl (C=O) groups excluding carboxylic acids is 1. The van der Waals surface area contributed by atoms with Crippen molar-refractivity contribution in [3.63, 3.8) is 0 Å². The third-order valence-corrected chi connectivity index (χ3v) is 3.68. The lowest BCUT2D eigenvalue weighted by atomic mass is 10.2. The fourth-order valence-electron chi connectivity index (χ4n) is 2.45. The smallest absolute Gasteiger partial charge is 0.291 e. The highest BCUT2D eigenvalue weighted by Crippen LogP contribution is 2.26. The largest absolute Gasteiger partial charge is 0.459 e. The number of aromatic nitrogens is 1. The molecule has 0 aliphatic rings. The number of fused-ring (bicyclic) bond motifs is 1. The van der Waals surface area contributed by atoms with E-state index in [2.05, 4.69) is 10.3 Å². The summed E-state index contributed by atoms with van der Waals surface area (Å²) in [5.41, 5.74) is 4.24. The highest BCUT2D eigenvalue weighted by atomic mass is 16.3. The van der Waals surface area contributed by atoms with E-state index in [0.29, 0.717) is 11.6 Å². The number of furan rings is 1. The Balaban J connectivity index is 1.57. The van der Waals surface area contributed by atoms with Gasteiger partial charge in [-0.15, -0.1) is 0 Å². The van der Waals surface area contributed by atoms with Crippen LogP contribution in [-0.2, 0) is 0 Å². The number of oxazole rings is 1. The number of rotatable bonds is 3. The number of hydrogen-bond donors (Lipinski definition) is 1. The summed E-state index contributed by atoms with van der Waals surface area (Å²) < 4.78 is 10.9. The van der Waals surface area contributed by atoms with Gasteiger partial charge in [0.2, 0.25) is 5.89 Å². The van der Waals surface area contributed by atoms with Crippen LogP contribution >= 0.6 is 0 Å². The van der Waals surface area contributed by atoms with E-state index in [1.807, 2.05) is 37.3 Å². The van der Waals surface area contributed by atoms with Gasteiger partial charge < -0.3 is 14.2 Å². The average Bonchev–Trinajstić information content (AvgIpc) is 3.24. The van der Waals surface area contributed by atoms with Crippen molar-refractivity contribution in [3.05, 3.63) is 72.2 Å². The summed E-state index contributed by atoms with van der Waals surface area (Å²) >= 11 is 0. The van der Waals surface area contributed by atoms with Crippen LogP contribution in [0.2, 0.25) is 0 Å². The van der Waals surface area contributed by atoms with Gasteiger partial charge in [-0.05, 0) is 61.0 Å². The number of benzene rings is 2. The van der Waals surface area contributed by atoms with E-state index in [1.165, 1.54) is 6.26 Å². The molecule has 4 rings (SSSR count). The quantitative estimate of drug-likeness (QED) is 0.597. The Morgan fingerprint density at radius 2 is 1.92 bits per heavy atom. The van der Waals surface area contributed by atoms with Gasteiger partial charge in [0.05, 0.1) is 6.26 Å². The highest BCUT2D eigenvalue weighted by Gasteiger charge is 2.11. The number of carbonyl (C=O) groups is 1. The molecule has 1 N–H and O–H groups in total. The summed E-state index contributed by atoms with van der Waals surface area (Å²) in [5.74, 6) is 0.540. The van der Waals surface area contributed by atoms with Crippen molar-refractivity contribution in [2.75, 3.05) is 5.32 Å². The summed E-state index contributed by atoms with van der Waals surface area (Å²) in [6.45, 7) is 2.01. The fourth-order valence-corrected chi connectivity index (χ4v) is 2.45. The molecule has 5 heteroatoms. The van der Waals surface area contributed by atoms with E-state index in [-0.39, 0.29) is 11.7 Å². The van der Waals surface area contributed by atoms with Gasteiger partial charge in [0.25, 0.3) is 5.91 Å². The molecule has 2 heterocycles. The first-order valence-corrected chi connectivity index (χ1v) is 7.51. The molecule has 0 fully saturated rings. The van der Waals surface area contributed by atoms with Gasteiger partial charge >= 0.3 is 0 Å². The predicted octanol–water partition coefficient (Wildman–Crippen LogP) is 4.65. The lowest BCUT2D eigenvalue weighted by molar-refractivity contribution is 0.0996. The van der Waals surface area contributed by atoms with Crippen molar-refractivity contribution in [3.8, 4) is 11.5 Å². The first-order chi connectivity index (χ1) is 11.7. The van der Waals surface area contributed by atoms with E-state index < -0.39 is 0 Å². The molecule has 118 valence electrons. The van der Waals surface area contributed by atoms with Crippen molar-refractivity contribution >= 4 is 22.7 Å². The van der Waals surface area contributed by atoms with E-state index in [4.69, 9.17) is 8.83 Å². The Hall–Kier alpha value is -3.34. The summed E-state index contributed by atoms with van der Waals surface area (Å²) in [6, 6.07) is 16.5. The Bertz CT molecular complexity index is 999. The lowest BCUT2D eigenvalue weighted by Gasteiger charge is -2.03. The summed E-state index contributed by atoms with van der Waals surface area (Å²) in [5, 5.41) is 2.77. The van der Waals surface area contributed by atoms with Gasteiger partial charge in [0, 0.05) is 11.3 Å². The van der Waals surface area contributed by atoms with Gasteiger partial charge in [0.1, 0.15) is 5.52 Å². The number of nitrogens with zero attached hydrogens (tertiary/aromatic N) is 1. The van der Waals surface area contributed by atoms with E-state index in [0.717, 1.165) is 22.2 Å². The zero-order valence-electron chi connectivity index (χ0n) is 12.9.